The number of halogens is 3. The van der Waals surface area contributed by atoms with Crippen LogP contribution in [0.4, 0.5) is 13.2 Å². The highest BCUT2D eigenvalue weighted by Gasteiger charge is 2.45. The lowest BCUT2D eigenvalue weighted by Gasteiger charge is -2.23. The van der Waals surface area contributed by atoms with Crippen LogP contribution >= 0.6 is 0 Å². The van der Waals surface area contributed by atoms with E-state index in [0.29, 0.717) is 18.7 Å². The number of alkyl halides is 3. The van der Waals surface area contributed by atoms with Crippen molar-refractivity contribution < 1.29 is 22.8 Å². The standard InChI is InChI=1S/C19H23F3N2O2/c1-3-23(2)18(26)16-11-24(17(25)12-7-8-12)10-15(16)13-5-4-6-14(9-13)19(20,21)22/h4-6,9,12,15-16H,3,7-8,10-11H2,1-2H3/t15-,16+/m0/s1. The smallest absolute Gasteiger partial charge is 0.346 e. The van der Waals surface area contributed by atoms with E-state index in [-0.39, 0.29) is 24.3 Å². The van der Waals surface area contributed by atoms with Crippen LogP contribution in [0.2, 0.25) is 0 Å². The molecule has 1 aliphatic carbocycles. The normalized spacial score (nSPS) is 23.2. The zero-order valence-electron chi connectivity index (χ0n) is 14.9. The monoisotopic (exact) mass is 368 g/mol. The zero-order chi connectivity index (χ0) is 19.1. The van der Waals surface area contributed by atoms with Gasteiger partial charge in [-0.2, -0.15) is 13.2 Å². The summed E-state index contributed by atoms with van der Waals surface area (Å²) in [7, 11) is 1.68. The number of rotatable bonds is 4. The molecule has 0 aromatic heterocycles. The fraction of sp³-hybridized carbons (Fsp3) is 0.579. The van der Waals surface area contributed by atoms with E-state index in [1.807, 2.05) is 6.92 Å². The second-order valence-electron chi connectivity index (χ2n) is 7.21. The summed E-state index contributed by atoms with van der Waals surface area (Å²) in [6.07, 6.45) is -2.72. The molecule has 2 aliphatic rings. The largest absolute Gasteiger partial charge is 0.416 e. The number of likely N-dealkylation sites (tertiary alicyclic amines) is 1. The Morgan fingerprint density at radius 2 is 1.92 bits per heavy atom. The molecule has 1 aromatic carbocycles. The van der Waals surface area contributed by atoms with Gasteiger partial charge in [0.25, 0.3) is 0 Å². The van der Waals surface area contributed by atoms with Gasteiger partial charge in [-0.15, -0.1) is 0 Å². The molecule has 2 fully saturated rings. The van der Waals surface area contributed by atoms with Crippen molar-refractivity contribution in [2.45, 2.75) is 31.9 Å². The predicted octanol–water partition coefficient (Wildman–Crippen LogP) is 3.14. The SMILES string of the molecule is CCN(C)C(=O)[C@@H]1CN(C(=O)C2CC2)C[C@H]1c1cccc(C(F)(F)F)c1. The molecule has 0 radical (unpaired) electrons. The number of hydrogen-bond acceptors (Lipinski definition) is 2. The van der Waals surface area contributed by atoms with Gasteiger partial charge in [-0.1, -0.05) is 18.2 Å². The highest BCUT2D eigenvalue weighted by atomic mass is 19.4. The summed E-state index contributed by atoms with van der Waals surface area (Å²) in [4.78, 5) is 28.4. The molecule has 1 aliphatic heterocycles. The van der Waals surface area contributed by atoms with Gasteiger partial charge in [-0.3, -0.25) is 9.59 Å². The Kier molecular flexibility index (Phi) is 4.99. The number of benzene rings is 1. The fourth-order valence-electron chi connectivity index (χ4n) is 3.54. The van der Waals surface area contributed by atoms with E-state index < -0.39 is 23.6 Å². The van der Waals surface area contributed by atoms with E-state index in [0.717, 1.165) is 25.0 Å². The van der Waals surface area contributed by atoms with Crippen molar-refractivity contribution in [3.05, 3.63) is 35.4 Å². The molecule has 0 bridgehead atoms. The van der Waals surface area contributed by atoms with Gasteiger partial charge in [0.15, 0.2) is 0 Å². The molecule has 1 aromatic rings. The summed E-state index contributed by atoms with van der Waals surface area (Å²) < 4.78 is 39.2. The van der Waals surface area contributed by atoms with E-state index in [1.54, 1.807) is 22.9 Å². The summed E-state index contributed by atoms with van der Waals surface area (Å²) in [5.41, 5.74) is -0.259. The number of nitrogens with zero attached hydrogens (tertiary/aromatic N) is 2. The molecular formula is C19H23F3N2O2. The van der Waals surface area contributed by atoms with Gasteiger partial charge in [-0.25, -0.2) is 0 Å². The van der Waals surface area contributed by atoms with Gasteiger partial charge in [0.05, 0.1) is 11.5 Å². The Hall–Kier alpha value is -2.05. The van der Waals surface area contributed by atoms with Crippen molar-refractivity contribution in [1.29, 1.82) is 0 Å². The first-order chi connectivity index (χ1) is 12.2. The lowest BCUT2D eigenvalue weighted by molar-refractivity contribution is -0.137. The minimum absolute atomic E-state index is 0.0231. The quantitative estimate of drug-likeness (QED) is 0.819. The van der Waals surface area contributed by atoms with Crippen LogP contribution < -0.4 is 0 Å². The second-order valence-corrected chi connectivity index (χ2v) is 7.21. The van der Waals surface area contributed by atoms with Crippen molar-refractivity contribution >= 4 is 11.8 Å². The number of hydrogen-bond donors (Lipinski definition) is 0. The summed E-state index contributed by atoms with van der Waals surface area (Å²) >= 11 is 0. The van der Waals surface area contributed by atoms with E-state index in [2.05, 4.69) is 0 Å². The number of carbonyl (C=O) groups excluding carboxylic acids is 2. The van der Waals surface area contributed by atoms with E-state index >= 15 is 0 Å². The molecular weight excluding hydrogens is 345 g/mol. The van der Waals surface area contributed by atoms with E-state index in [9.17, 15) is 22.8 Å². The van der Waals surface area contributed by atoms with Crippen molar-refractivity contribution in [3.63, 3.8) is 0 Å². The van der Waals surface area contributed by atoms with Crippen LogP contribution in [0.15, 0.2) is 24.3 Å². The maximum atomic E-state index is 13.1. The van der Waals surface area contributed by atoms with Crippen LogP contribution in [-0.4, -0.2) is 48.3 Å². The summed E-state index contributed by atoms with van der Waals surface area (Å²) in [6.45, 7) is 2.94. The summed E-state index contributed by atoms with van der Waals surface area (Å²) in [5.74, 6) is -1.00. The molecule has 0 spiro atoms. The third-order valence-electron chi connectivity index (χ3n) is 5.37. The third kappa shape index (κ3) is 3.71. The van der Waals surface area contributed by atoms with Crippen LogP contribution in [0.3, 0.4) is 0 Å². The summed E-state index contributed by atoms with van der Waals surface area (Å²) in [5, 5.41) is 0. The van der Waals surface area contributed by atoms with Crippen LogP contribution in [0.1, 0.15) is 36.8 Å². The molecule has 4 nitrogen and oxygen atoms in total. The Balaban J connectivity index is 1.90. The number of amides is 2. The molecule has 26 heavy (non-hydrogen) atoms. The minimum atomic E-state index is -4.43. The molecule has 1 saturated carbocycles. The molecule has 1 heterocycles. The Morgan fingerprint density at radius 1 is 1.23 bits per heavy atom. The zero-order valence-corrected chi connectivity index (χ0v) is 14.9. The average molecular weight is 368 g/mol. The van der Waals surface area contributed by atoms with Crippen molar-refractivity contribution in [1.82, 2.24) is 9.80 Å². The average Bonchev–Trinajstić information content (AvgIpc) is 3.37. The maximum absolute atomic E-state index is 13.1. The van der Waals surface area contributed by atoms with Gasteiger partial charge in [0.2, 0.25) is 11.8 Å². The molecule has 2 atom stereocenters. The summed E-state index contributed by atoms with van der Waals surface area (Å²) in [6, 6.07) is 5.13. The highest BCUT2D eigenvalue weighted by Crippen LogP contribution is 2.39. The fourth-order valence-corrected chi connectivity index (χ4v) is 3.54. The van der Waals surface area contributed by atoms with Crippen LogP contribution in [0.5, 0.6) is 0 Å². The first-order valence-corrected chi connectivity index (χ1v) is 8.93. The van der Waals surface area contributed by atoms with Crippen molar-refractivity contribution in [2.24, 2.45) is 11.8 Å². The van der Waals surface area contributed by atoms with Gasteiger partial charge in [0.1, 0.15) is 0 Å². The molecule has 3 rings (SSSR count). The van der Waals surface area contributed by atoms with Crippen molar-refractivity contribution in [2.75, 3.05) is 26.7 Å². The lowest BCUT2D eigenvalue weighted by atomic mass is 9.87. The van der Waals surface area contributed by atoms with Gasteiger partial charge < -0.3 is 9.80 Å². The molecule has 1 saturated heterocycles. The Labute approximate surface area is 151 Å². The highest BCUT2D eigenvalue weighted by molar-refractivity contribution is 5.85. The molecule has 142 valence electrons. The van der Waals surface area contributed by atoms with Gasteiger partial charge in [-0.05, 0) is 31.4 Å². The van der Waals surface area contributed by atoms with Crippen LogP contribution in [-0.2, 0) is 15.8 Å². The predicted molar refractivity (Wildman–Crippen MR) is 90.3 cm³/mol. The molecule has 0 unspecified atom stereocenters. The minimum Gasteiger partial charge on any atom is -0.346 e. The van der Waals surface area contributed by atoms with Gasteiger partial charge in [0, 0.05) is 38.5 Å². The third-order valence-corrected chi connectivity index (χ3v) is 5.37. The first-order valence-electron chi connectivity index (χ1n) is 8.93. The molecule has 7 heteroatoms. The van der Waals surface area contributed by atoms with E-state index in [4.69, 9.17) is 0 Å². The van der Waals surface area contributed by atoms with Gasteiger partial charge >= 0.3 is 6.18 Å². The van der Waals surface area contributed by atoms with Crippen LogP contribution in [0, 0.1) is 11.8 Å². The van der Waals surface area contributed by atoms with E-state index in [1.165, 1.54) is 6.07 Å². The Morgan fingerprint density at radius 3 is 2.50 bits per heavy atom. The second kappa shape index (κ2) is 6.93. The lowest BCUT2D eigenvalue weighted by Crippen LogP contribution is -2.37. The molecule has 0 N–H and O–H groups in total. The number of carbonyl (C=O) groups is 2. The Bertz CT molecular complexity index is 700. The molecule has 2 amide bonds. The van der Waals surface area contributed by atoms with Crippen molar-refractivity contribution in [3.8, 4) is 0 Å². The topological polar surface area (TPSA) is 40.6 Å². The maximum Gasteiger partial charge on any atom is 0.416 e. The first kappa shape index (κ1) is 18.7. The van der Waals surface area contributed by atoms with Crippen LogP contribution in [0.25, 0.3) is 0 Å².